The summed E-state index contributed by atoms with van der Waals surface area (Å²) in [6, 6.07) is 13.0. The topological polar surface area (TPSA) is 55.4 Å². The molecule has 6 heteroatoms. The van der Waals surface area contributed by atoms with Crippen molar-refractivity contribution in [3.63, 3.8) is 0 Å². The number of benzene rings is 3. The summed E-state index contributed by atoms with van der Waals surface area (Å²) in [4.78, 5) is -1.04. The van der Waals surface area contributed by atoms with Gasteiger partial charge >= 0.3 is 0 Å². The van der Waals surface area contributed by atoms with Crippen LogP contribution in [0.1, 0.15) is 43.7 Å². The minimum absolute atomic E-state index is 0.222. The van der Waals surface area contributed by atoms with E-state index in [1.54, 1.807) is 0 Å². The Kier molecular flexibility index (Phi) is 5.41. The van der Waals surface area contributed by atoms with Crippen LogP contribution in [-0.4, -0.2) is 29.4 Å². The van der Waals surface area contributed by atoms with E-state index in [0.29, 0.717) is 0 Å². The Bertz CT molecular complexity index is 1480. The van der Waals surface area contributed by atoms with E-state index in [9.17, 15) is 8.42 Å². The zero-order valence-corrected chi connectivity index (χ0v) is 21.4. The van der Waals surface area contributed by atoms with E-state index in [1.807, 2.05) is 81.4 Å². The third kappa shape index (κ3) is 5.75. The van der Waals surface area contributed by atoms with Crippen LogP contribution in [0.4, 0.5) is 0 Å². The number of sulfonamides is 1. The molecule has 0 unspecified atom stereocenters. The summed E-state index contributed by atoms with van der Waals surface area (Å²) in [6.45, 7) is 6.30. The number of hydrogen-bond donors (Lipinski definition) is 1. The summed E-state index contributed by atoms with van der Waals surface area (Å²) in [5, 5.41) is 1.34. The van der Waals surface area contributed by atoms with Crippen LogP contribution in [0, 0.1) is 6.85 Å². The average Bonchev–Trinajstić information content (AvgIpc) is 2.87. The highest BCUT2D eigenvalue weighted by Crippen LogP contribution is 2.36. The molecule has 0 aliphatic heterocycles. The molecule has 3 rings (SSSR count). The molecular formula is C28H35NO3SSi. The van der Waals surface area contributed by atoms with Crippen molar-refractivity contribution in [2.75, 3.05) is 6.61 Å². The fourth-order valence-corrected chi connectivity index (χ4v) is 9.48. The highest BCUT2D eigenvalue weighted by molar-refractivity contribution is 7.89. The number of hydrogen-bond acceptors (Lipinski definition) is 3. The number of nitrogens with one attached hydrogen (secondary N) is 1. The predicted molar refractivity (Wildman–Crippen MR) is 144 cm³/mol. The van der Waals surface area contributed by atoms with Crippen molar-refractivity contribution in [1.29, 1.82) is 0 Å². The minimum atomic E-state index is -4.89. The second-order valence-corrected chi connectivity index (χ2v) is 14.8. The van der Waals surface area contributed by atoms with Crippen LogP contribution in [0.15, 0.2) is 102 Å². The Labute approximate surface area is 217 Å². The summed E-state index contributed by atoms with van der Waals surface area (Å²) in [5.41, 5.74) is -0.880. The molecule has 180 valence electrons. The van der Waals surface area contributed by atoms with Crippen molar-refractivity contribution in [3.05, 3.63) is 103 Å². The Hall–Kier alpha value is -2.51. The van der Waals surface area contributed by atoms with Crippen molar-refractivity contribution in [1.82, 2.24) is 4.72 Å². The largest absolute Gasteiger partial charge is 0.406 e. The minimum Gasteiger partial charge on any atom is -0.406 e. The molecule has 4 nitrogen and oxygen atoms in total. The third-order valence-electron chi connectivity index (χ3n) is 5.42. The molecule has 0 aromatic heterocycles. The van der Waals surface area contributed by atoms with Crippen LogP contribution >= 0.6 is 0 Å². The predicted octanol–water partition coefficient (Wildman–Crippen LogP) is 4.79. The van der Waals surface area contributed by atoms with Gasteiger partial charge in [-0.05, 0) is 40.8 Å². The molecule has 0 saturated carbocycles. The van der Waals surface area contributed by atoms with Crippen LogP contribution < -0.4 is 15.1 Å². The van der Waals surface area contributed by atoms with E-state index >= 15 is 0 Å². The highest BCUT2D eigenvalue weighted by atomic mass is 32.2. The smallest absolute Gasteiger partial charge is 0.261 e. The summed E-state index contributed by atoms with van der Waals surface area (Å²) < 4.78 is 101. The third-order valence-corrected chi connectivity index (χ3v) is 11.7. The first-order valence-corrected chi connectivity index (χ1v) is 14.2. The lowest BCUT2D eigenvalue weighted by molar-refractivity contribution is 0.263. The van der Waals surface area contributed by atoms with E-state index in [4.69, 9.17) is 15.4 Å². The maximum atomic E-state index is 13.6. The molecule has 0 spiro atoms. The molecule has 1 N–H and O–H groups in total. The molecule has 0 heterocycles. The van der Waals surface area contributed by atoms with Crippen molar-refractivity contribution in [2.45, 2.75) is 50.0 Å². The van der Waals surface area contributed by atoms with Crippen molar-refractivity contribution in [2.24, 2.45) is 0 Å². The van der Waals surface area contributed by atoms with Gasteiger partial charge in [-0.1, -0.05) is 105 Å². The Balaban J connectivity index is 2.14. The van der Waals surface area contributed by atoms with Crippen LogP contribution in [0.25, 0.3) is 0 Å². The monoisotopic (exact) mass is 501 g/mol. The molecule has 0 aliphatic rings. The molecule has 0 amide bonds. The van der Waals surface area contributed by atoms with Gasteiger partial charge in [-0.25, -0.2) is 13.1 Å². The molecule has 3 aromatic rings. The Morgan fingerprint density at radius 1 is 1.06 bits per heavy atom. The zero-order valence-electron chi connectivity index (χ0n) is 27.6. The van der Waals surface area contributed by atoms with Crippen molar-refractivity contribution in [3.8, 4) is 0 Å². The maximum absolute atomic E-state index is 13.6. The zero-order chi connectivity index (χ0) is 31.7. The molecule has 3 aromatic carbocycles. The van der Waals surface area contributed by atoms with Gasteiger partial charge < -0.3 is 4.43 Å². The first-order valence-electron chi connectivity index (χ1n) is 14.8. The molecule has 0 fully saturated rings. The van der Waals surface area contributed by atoms with Gasteiger partial charge in [0.05, 0.1) is 18.4 Å². The van der Waals surface area contributed by atoms with Crippen LogP contribution in [0.5, 0.6) is 0 Å². The SMILES string of the molecule is [2H]c1c([2H])c(S(=O)(=O)N[C@@]([2H])(CC=C)CO[Si](c2ccccc2)(c2ccccc2)C(C)(C)C)c([2H])c([2H])c1C([2H])([2H])[2H]. The maximum Gasteiger partial charge on any atom is 0.261 e. The standard InChI is InChI=1S/C28H35NO3SSi/c1-6-13-24(29-33(30,31)25-20-18-23(2)19-21-25)22-32-34(28(3,4)5,26-14-9-7-10-15-26)27-16-11-8-12-17-27/h6-12,14-21,24,29H,1,13,22H2,2-5H3/t24-/m0/s1/i2D3,18D,19D,20D,21D,24D. The summed E-state index contributed by atoms with van der Waals surface area (Å²) in [5.74, 6) is 0. The molecule has 0 aliphatic carbocycles. The van der Waals surface area contributed by atoms with E-state index in [2.05, 4.69) is 11.3 Å². The van der Waals surface area contributed by atoms with Gasteiger partial charge in [-0.15, -0.1) is 6.58 Å². The first-order chi connectivity index (χ1) is 19.3. The molecule has 34 heavy (non-hydrogen) atoms. The van der Waals surface area contributed by atoms with E-state index in [0.717, 1.165) is 10.4 Å². The lowest BCUT2D eigenvalue weighted by atomic mass is 10.2. The average molecular weight is 502 g/mol. The van der Waals surface area contributed by atoms with Gasteiger partial charge in [-0.2, -0.15) is 0 Å². The van der Waals surface area contributed by atoms with E-state index in [1.165, 1.54) is 6.08 Å². The van der Waals surface area contributed by atoms with Gasteiger partial charge in [0.2, 0.25) is 10.0 Å². The van der Waals surface area contributed by atoms with Gasteiger partial charge in [0.15, 0.2) is 0 Å². The normalized spacial score (nSPS) is 18.1. The molecule has 0 saturated heterocycles. The van der Waals surface area contributed by atoms with Crippen LogP contribution in [-0.2, 0) is 14.4 Å². The quantitative estimate of drug-likeness (QED) is 0.321. The summed E-state index contributed by atoms with van der Waals surface area (Å²) in [7, 11) is -8.09. The fraction of sp³-hybridized carbons (Fsp3) is 0.286. The summed E-state index contributed by atoms with van der Waals surface area (Å²) in [6.07, 6.45) is 1.12. The van der Waals surface area contributed by atoms with E-state index in [-0.39, 0.29) is 6.42 Å². The van der Waals surface area contributed by atoms with Crippen LogP contribution in [0.2, 0.25) is 5.04 Å². The van der Waals surface area contributed by atoms with Gasteiger partial charge in [0, 0.05) is 10.1 Å². The van der Waals surface area contributed by atoms with Crippen molar-refractivity contribution >= 4 is 28.7 Å². The van der Waals surface area contributed by atoms with Gasteiger partial charge in [0.1, 0.15) is 0 Å². The first kappa shape index (κ1) is 17.0. The molecular weight excluding hydrogens is 458 g/mol. The van der Waals surface area contributed by atoms with E-state index < -0.39 is 77.5 Å². The lowest BCUT2D eigenvalue weighted by Gasteiger charge is -2.43. The van der Waals surface area contributed by atoms with Gasteiger partial charge in [-0.3, -0.25) is 0 Å². The van der Waals surface area contributed by atoms with Crippen LogP contribution in [0.3, 0.4) is 0 Å². The molecule has 0 bridgehead atoms. The molecule has 0 radical (unpaired) electrons. The lowest BCUT2D eigenvalue weighted by Crippen LogP contribution is -2.67. The second kappa shape index (κ2) is 10.8. The molecule has 1 atom stereocenters. The number of rotatable bonds is 10. The fourth-order valence-electron chi connectivity index (χ4n) is 3.94. The Morgan fingerprint density at radius 3 is 2.03 bits per heavy atom. The second-order valence-electron chi connectivity index (χ2n) is 8.86. The summed E-state index contributed by atoms with van der Waals surface area (Å²) >= 11 is 0. The van der Waals surface area contributed by atoms with Crippen molar-refractivity contribution < 1.29 is 23.8 Å². The Morgan fingerprint density at radius 2 is 1.59 bits per heavy atom. The highest BCUT2D eigenvalue weighted by Gasteiger charge is 2.50. The van der Waals surface area contributed by atoms with Gasteiger partial charge in [0.25, 0.3) is 8.32 Å².